The van der Waals surface area contributed by atoms with E-state index < -0.39 is 0 Å². The summed E-state index contributed by atoms with van der Waals surface area (Å²) in [5.74, 6) is 0. The fraction of sp³-hybridized carbons (Fsp3) is 0. The first-order chi connectivity index (χ1) is 37.2. The minimum atomic E-state index is 1.09. The minimum absolute atomic E-state index is 1.09. The van der Waals surface area contributed by atoms with Crippen LogP contribution in [0.1, 0.15) is 0 Å². The van der Waals surface area contributed by atoms with E-state index in [0.29, 0.717) is 0 Å². The summed E-state index contributed by atoms with van der Waals surface area (Å²) in [6.07, 6.45) is 0. The van der Waals surface area contributed by atoms with E-state index in [1.165, 1.54) is 105 Å². The first-order valence-corrected chi connectivity index (χ1v) is 25.7. The highest BCUT2D eigenvalue weighted by molar-refractivity contribution is 6.11. The maximum absolute atomic E-state index is 2.38. The number of nitrogens with zero attached hydrogens (tertiary/aromatic N) is 3. The molecule has 14 aromatic rings. The van der Waals surface area contributed by atoms with Gasteiger partial charge in [0, 0.05) is 50.0 Å². The van der Waals surface area contributed by atoms with Crippen molar-refractivity contribution in [3.05, 3.63) is 297 Å². The van der Waals surface area contributed by atoms with E-state index in [1.807, 2.05) is 0 Å². The topological polar surface area (TPSA) is 13.1 Å². The Labute approximate surface area is 436 Å². The molecule has 3 heteroatoms. The SMILES string of the molecule is c1ccc(-c2ccc(N(c3ccc(-c4ccc(-c5ccc6c(c5)c5ccccc5n6-c5ccccc5)cc4)cc3)c3ccc(-c4ccc(-c5ccc6c7ccccc7n(-c7ccccc7)c6c5)cc4)cc3)cc2)cc1. The van der Waals surface area contributed by atoms with Gasteiger partial charge >= 0.3 is 0 Å². The molecule has 0 atom stereocenters. The molecule has 0 aliphatic carbocycles. The number of anilines is 3. The zero-order chi connectivity index (χ0) is 49.7. The summed E-state index contributed by atoms with van der Waals surface area (Å²) < 4.78 is 4.75. The Morgan fingerprint density at radius 3 is 0.947 bits per heavy atom. The maximum atomic E-state index is 2.38. The fourth-order valence-electron chi connectivity index (χ4n) is 11.2. The van der Waals surface area contributed by atoms with Crippen LogP contribution in [0.15, 0.2) is 297 Å². The average molecular weight is 956 g/mol. The fourth-order valence-corrected chi connectivity index (χ4v) is 11.2. The van der Waals surface area contributed by atoms with Crippen molar-refractivity contribution in [1.82, 2.24) is 9.13 Å². The molecule has 0 aliphatic rings. The van der Waals surface area contributed by atoms with Crippen molar-refractivity contribution in [2.75, 3.05) is 4.90 Å². The van der Waals surface area contributed by atoms with Gasteiger partial charge in [0.15, 0.2) is 0 Å². The Kier molecular flexibility index (Phi) is 10.8. The minimum Gasteiger partial charge on any atom is -0.311 e. The van der Waals surface area contributed by atoms with Gasteiger partial charge in [-0.1, -0.05) is 206 Å². The first kappa shape index (κ1) is 43.8. The molecule has 12 aromatic carbocycles. The predicted molar refractivity (Wildman–Crippen MR) is 317 cm³/mol. The number of fused-ring (bicyclic) bond motifs is 6. The molecule has 0 bridgehead atoms. The van der Waals surface area contributed by atoms with Crippen LogP contribution >= 0.6 is 0 Å². The molecule has 0 saturated heterocycles. The third-order valence-corrected chi connectivity index (χ3v) is 15.0. The molecule has 14 rings (SSSR count). The van der Waals surface area contributed by atoms with Gasteiger partial charge in [-0.2, -0.15) is 0 Å². The van der Waals surface area contributed by atoms with Crippen LogP contribution in [0.3, 0.4) is 0 Å². The molecule has 0 saturated carbocycles. The molecule has 0 unspecified atom stereocenters. The zero-order valence-corrected chi connectivity index (χ0v) is 41.1. The monoisotopic (exact) mass is 955 g/mol. The van der Waals surface area contributed by atoms with Crippen molar-refractivity contribution in [3.8, 4) is 67.0 Å². The number of hydrogen-bond acceptors (Lipinski definition) is 1. The summed E-state index contributed by atoms with van der Waals surface area (Å²) in [4.78, 5) is 2.35. The number of rotatable bonds is 10. The van der Waals surface area contributed by atoms with Crippen LogP contribution in [0.2, 0.25) is 0 Å². The van der Waals surface area contributed by atoms with Gasteiger partial charge in [0.2, 0.25) is 0 Å². The van der Waals surface area contributed by atoms with Crippen molar-refractivity contribution in [2.24, 2.45) is 0 Å². The highest BCUT2D eigenvalue weighted by Crippen LogP contribution is 2.40. The summed E-state index contributed by atoms with van der Waals surface area (Å²) in [5, 5.41) is 5.03. The summed E-state index contributed by atoms with van der Waals surface area (Å²) in [7, 11) is 0. The Balaban J connectivity index is 0.752. The van der Waals surface area contributed by atoms with Gasteiger partial charge in [0.1, 0.15) is 0 Å². The Hall–Kier alpha value is -9.96. The zero-order valence-electron chi connectivity index (χ0n) is 41.1. The lowest BCUT2D eigenvalue weighted by molar-refractivity contribution is 1.18. The lowest BCUT2D eigenvalue weighted by Gasteiger charge is -2.26. The van der Waals surface area contributed by atoms with Crippen LogP contribution in [0.4, 0.5) is 17.1 Å². The quantitative estimate of drug-likeness (QED) is 0.133. The van der Waals surface area contributed by atoms with Crippen LogP contribution in [0.25, 0.3) is 111 Å². The number of aromatic nitrogens is 2. The van der Waals surface area contributed by atoms with Gasteiger partial charge in [0.05, 0.1) is 22.1 Å². The van der Waals surface area contributed by atoms with E-state index in [2.05, 4.69) is 311 Å². The first-order valence-electron chi connectivity index (χ1n) is 25.7. The Morgan fingerprint density at radius 2 is 0.480 bits per heavy atom. The van der Waals surface area contributed by atoms with E-state index in [0.717, 1.165) is 22.7 Å². The number of hydrogen-bond donors (Lipinski definition) is 0. The van der Waals surface area contributed by atoms with Crippen molar-refractivity contribution in [2.45, 2.75) is 0 Å². The van der Waals surface area contributed by atoms with Crippen molar-refractivity contribution < 1.29 is 0 Å². The van der Waals surface area contributed by atoms with Crippen molar-refractivity contribution in [3.63, 3.8) is 0 Å². The Bertz CT molecular complexity index is 4330. The molecule has 0 amide bonds. The van der Waals surface area contributed by atoms with E-state index in [-0.39, 0.29) is 0 Å². The third kappa shape index (κ3) is 7.95. The molecule has 0 N–H and O–H groups in total. The van der Waals surface area contributed by atoms with Gasteiger partial charge in [-0.3, -0.25) is 0 Å². The molecule has 0 spiro atoms. The second-order valence-electron chi connectivity index (χ2n) is 19.3. The summed E-state index contributed by atoms with van der Waals surface area (Å²) >= 11 is 0. The van der Waals surface area contributed by atoms with Crippen LogP contribution in [-0.4, -0.2) is 9.13 Å². The van der Waals surface area contributed by atoms with Crippen LogP contribution in [-0.2, 0) is 0 Å². The molecule has 2 heterocycles. The average Bonchev–Trinajstić information content (AvgIpc) is 4.01. The molecular formula is C72H49N3. The second kappa shape index (κ2) is 18.6. The molecular weight excluding hydrogens is 907 g/mol. The van der Waals surface area contributed by atoms with Crippen molar-refractivity contribution in [1.29, 1.82) is 0 Å². The molecule has 352 valence electrons. The van der Waals surface area contributed by atoms with E-state index in [4.69, 9.17) is 0 Å². The van der Waals surface area contributed by atoms with Gasteiger partial charge in [-0.05, 0) is 147 Å². The normalized spacial score (nSPS) is 11.5. The molecule has 0 aliphatic heterocycles. The lowest BCUT2D eigenvalue weighted by Crippen LogP contribution is -2.09. The van der Waals surface area contributed by atoms with Gasteiger partial charge in [-0.25, -0.2) is 0 Å². The van der Waals surface area contributed by atoms with Gasteiger partial charge in [-0.15, -0.1) is 0 Å². The molecule has 0 radical (unpaired) electrons. The lowest BCUT2D eigenvalue weighted by atomic mass is 9.98. The number of para-hydroxylation sites is 4. The highest BCUT2D eigenvalue weighted by atomic mass is 15.1. The van der Waals surface area contributed by atoms with Gasteiger partial charge in [0.25, 0.3) is 0 Å². The summed E-state index contributed by atoms with van der Waals surface area (Å²) in [5.41, 5.74) is 22.3. The predicted octanol–water partition coefficient (Wildman–Crippen LogP) is 19.7. The van der Waals surface area contributed by atoms with Crippen LogP contribution in [0.5, 0.6) is 0 Å². The number of benzene rings is 12. The van der Waals surface area contributed by atoms with E-state index in [9.17, 15) is 0 Å². The molecule has 3 nitrogen and oxygen atoms in total. The van der Waals surface area contributed by atoms with Crippen molar-refractivity contribution >= 4 is 60.7 Å². The molecule has 2 aromatic heterocycles. The largest absolute Gasteiger partial charge is 0.311 e. The van der Waals surface area contributed by atoms with Crippen LogP contribution < -0.4 is 4.90 Å². The molecule has 0 fully saturated rings. The summed E-state index contributed by atoms with van der Waals surface area (Å²) in [6.45, 7) is 0. The maximum Gasteiger partial charge on any atom is 0.0547 e. The standard InChI is InChI=1S/C72H49N3/c1-4-14-50(15-5-1)53-32-40-62(41-33-53)73(63-42-34-54(35-43-63)51-24-28-56(29-25-51)58-39-47-71-68(48-58)66-21-11-13-23-70(66)74(71)60-16-6-2-7-17-60)64-44-36-55(37-45-64)52-26-30-57(31-27-52)59-38-46-67-65-20-10-12-22-69(65)75(72(67)49-59)61-18-8-3-9-19-61/h1-49H. The van der Waals surface area contributed by atoms with Gasteiger partial charge < -0.3 is 14.0 Å². The van der Waals surface area contributed by atoms with E-state index >= 15 is 0 Å². The highest BCUT2D eigenvalue weighted by Gasteiger charge is 2.17. The van der Waals surface area contributed by atoms with Crippen LogP contribution in [0, 0.1) is 0 Å². The Morgan fingerprint density at radius 1 is 0.187 bits per heavy atom. The molecule has 75 heavy (non-hydrogen) atoms. The smallest absolute Gasteiger partial charge is 0.0547 e. The van der Waals surface area contributed by atoms with E-state index in [1.54, 1.807) is 0 Å². The second-order valence-corrected chi connectivity index (χ2v) is 19.3. The summed E-state index contributed by atoms with van der Waals surface area (Å²) in [6, 6.07) is 108. The third-order valence-electron chi connectivity index (χ3n) is 15.0.